The summed E-state index contributed by atoms with van der Waals surface area (Å²) < 4.78 is 9.78. The Balaban J connectivity index is 1.50. The van der Waals surface area contributed by atoms with E-state index in [0.29, 0.717) is 0 Å². The number of carbonyl (C=O) groups is 1. The fourth-order valence-corrected chi connectivity index (χ4v) is 4.92. The van der Waals surface area contributed by atoms with Gasteiger partial charge in [0.2, 0.25) is 5.91 Å². The zero-order valence-corrected chi connectivity index (χ0v) is 18.7. The van der Waals surface area contributed by atoms with E-state index < -0.39 is 0 Å². The van der Waals surface area contributed by atoms with Crippen LogP contribution in [0.3, 0.4) is 0 Å². The Bertz CT molecular complexity index is 1040. The summed E-state index contributed by atoms with van der Waals surface area (Å²) in [6, 6.07) is 14.0. The van der Waals surface area contributed by atoms with Crippen molar-refractivity contribution >= 4 is 34.4 Å². The number of nitrogens with one attached hydrogen (secondary N) is 1. The Hall–Kier alpha value is -2.44. The maximum Gasteiger partial charge on any atom is 0.247 e. The summed E-state index contributed by atoms with van der Waals surface area (Å²) in [5, 5.41) is 4.21. The molecule has 6 heteroatoms. The predicted molar refractivity (Wildman–Crippen MR) is 124 cm³/mol. The first-order valence-corrected chi connectivity index (χ1v) is 11.3. The second-order valence-corrected chi connectivity index (χ2v) is 9.04. The molecule has 158 valence electrons. The smallest absolute Gasteiger partial charge is 0.247 e. The fraction of sp³-hybridized carbons (Fsp3) is 0.375. The molecule has 0 aliphatic carbocycles. The second-order valence-electron chi connectivity index (χ2n) is 7.87. The molecule has 1 amide bonds. The van der Waals surface area contributed by atoms with Crippen LogP contribution in [0.4, 0.5) is 5.69 Å². The number of ether oxygens (including phenoxy) is 1. The van der Waals surface area contributed by atoms with Gasteiger partial charge in [-0.15, -0.1) is 0 Å². The molecule has 4 rings (SSSR count). The van der Waals surface area contributed by atoms with Crippen LogP contribution >= 0.6 is 11.9 Å². The third kappa shape index (κ3) is 4.50. The molecule has 5 nitrogen and oxygen atoms in total. The minimum absolute atomic E-state index is 0.0457. The Labute approximate surface area is 182 Å². The quantitative estimate of drug-likeness (QED) is 0.520. The van der Waals surface area contributed by atoms with Crippen molar-refractivity contribution in [3.05, 3.63) is 54.2 Å². The van der Waals surface area contributed by atoms with Gasteiger partial charge in [0, 0.05) is 46.8 Å². The number of nitrogens with zero attached hydrogens (tertiary/aromatic N) is 2. The summed E-state index contributed by atoms with van der Waals surface area (Å²) in [4.78, 5) is 14.2. The lowest BCUT2D eigenvalue weighted by Crippen LogP contribution is -2.23. The van der Waals surface area contributed by atoms with Gasteiger partial charge < -0.3 is 14.6 Å². The van der Waals surface area contributed by atoms with Crippen LogP contribution in [0.15, 0.2) is 53.6 Å². The molecule has 1 fully saturated rings. The zero-order valence-electron chi connectivity index (χ0n) is 17.9. The SMILES string of the molecule is COc1ccc(C)c(NC(=O)C(C)n2ccc3cc(SN4CCCCC4)ccc32)c1. The van der Waals surface area contributed by atoms with E-state index >= 15 is 0 Å². The van der Waals surface area contributed by atoms with Crippen molar-refractivity contribution < 1.29 is 9.53 Å². The maximum atomic E-state index is 13.0. The summed E-state index contributed by atoms with van der Waals surface area (Å²) in [7, 11) is 1.63. The molecule has 2 aromatic carbocycles. The van der Waals surface area contributed by atoms with Crippen LogP contribution in [0, 0.1) is 6.92 Å². The second kappa shape index (κ2) is 9.14. The van der Waals surface area contributed by atoms with Gasteiger partial charge in [0.05, 0.1) is 7.11 Å². The van der Waals surface area contributed by atoms with E-state index in [2.05, 4.69) is 33.9 Å². The lowest BCUT2D eigenvalue weighted by atomic mass is 10.1. The highest BCUT2D eigenvalue weighted by molar-refractivity contribution is 7.97. The molecule has 0 bridgehead atoms. The standard InChI is InChI=1S/C24H29N3O2S/c1-17-7-8-20(29-3)16-22(17)25-24(28)18(2)27-14-11-19-15-21(9-10-23(19)27)30-26-12-5-4-6-13-26/h7-11,14-16,18H,4-6,12-13H2,1-3H3,(H,25,28). The van der Waals surface area contributed by atoms with Crippen LogP contribution in [0.2, 0.25) is 0 Å². The maximum absolute atomic E-state index is 13.0. The molecule has 1 N–H and O–H groups in total. The number of carbonyl (C=O) groups excluding carboxylic acids is 1. The van der Waals surface area contributed by atoms with Gasteiger partial charge in [-0.1, -0.05) is 12.5 Å². The molecule has 0 spiro atoms. The van der Waals surface area contributed by atoms with E-state index in [-0.39, 0.29) is 11.9 Å². The molecule has 3 aromatic rings. The van der Waals surface area contributed by atoms with Crippen molar-refractivity contribution in [2.24, 2.45) is 0 Å². The van der Waals surface area contributed by atoms with Gasteiger partial charge in [-0.3, -0.25) is 4.79 Å². The summed E-state index contributed by atoms with van der Waals surface area (Å²) in [6.07, 6.45) is 5.91. The van der Waals surface area contributed by atoms with Crippen molar-refractivity contribution in [2.75, 3.05) is 25.5 Å². The highest BCUT2D eigenvalue weighted by Crippen LogP contribution is 2.30. The number of hydrogen-bond acceptors (Lipinski definition) is 4. The van der Waals surface area contributed by atoms with E-state index in [1.807, 2.05) is 54.8 Å². The Morgan fingerprint density at radius 3 is 2.67 bits per heavy atom. The fourth-order valence-electron chi connectivity index (χ4n) is 3.87. The number of fused-ring (bicyclic) bond motifs is 1. The molecule has 2 heterocycles. The molecule has 0 saturated carbocycles. The number of rotatable bonds is 6. The summed E-state index contributed by atoms with van der Waals surface area (Å²) in [6.45, 7) is 6.22. The molecule has 1 aliphatic rings. The summed E-state index contributed by atoms with van der Waals surface area (Å²) >= 11 is 1.84. The van der Waals surface area contributed by atoms with Crippen LogP contribution in [0.25, 0.3) is 10.9 Å². The number of anilines is 1. The third-order valence-electron chi connectivity index (χ3n) is 5.74. The van der Waals surface area contributed by atoms with Crippen LogP contribution in [-0.4, -0.2) is 35.0 Å². The van der Waals surface area contributed by atoms with E-state index in [0.717, 1.165) is 41.0 Å². The number of amides is 1. The molecular weight excluding hydrogens is 394 g/mol. The van der Waals surface area contributed by atoms with Crippen LogP contribution in [-0.2, 0) is 4.79 Å². The Morgan fingerprint density at radius 2 is 1.90 bits per heavy atom. The third-order valence-corrected chi connectivity index (χ3v) is 6.83. The lowest BCUT2D eigenvalue weighted by Gasteiger charge is -2.25. The van der Waals surface area contributed by atoms with Crippen LogP contribution < -0.4 is 10.1 Å². The average Bonchev–Trinajstić information content (AvgIpc) is 3.18. The van der Waals surface area contributed by atoms with E-state index in [4.69, 9.17) is 4.74 Å². The first-order chi connectivity index (χ1) is 14.5. The molecule has 30 heavy (non-hydrogen) atoms. The lowest BCUT2D eigenvalue weighted by molar-refractivity contribution is -0.118. The minimum atomic E-state index is -0.325. The van der Waals surface area contributed by atoms with Gasteiger partial charge >= 0.3 is 0 Å². The van der Waals surface area contributed by atoms with Gasteiger partial charge in [-0.2, -0.15) is 0 Å². The highest BCUT2D eigenvalue weighted by Gasteiger charge is 2.18. The molecular formula is C24H29N3O2S. The molecule has 1 aromatic heterocycles. The minimum Gasteiger partial charge on any atom is -0.497 e. The van der Waals surface area contributed by atoms with E-state index in [9.17, 15) is 4.79 Å². The van der Waals surface area contributed by atoms with Gasteiger partial charge in [-0.25, -0.2) is 4.31 Å². The van der Waals surface area contributed by atoms with Gasteiger partial charge in [0.1, 0.15) is 11.8 Å². The van der Waals surface area contributed by atoms with Crippen molar-refractivity contribution in [3.8, 4) is 5.75 Å². The average molecular weight is 424 g/mol. The zero-order chi connectivity index (χ0) is 21.1. The first-order valence-electron chi connectivity index (χ1n) is 10.5. The summed E-state index contributed by atoms with van der Waals surface area (Å²) in [5.74, 6) is 0.685. The van der Waals surface area contributed by atoms with Crippen LogP contribution in [0.1, 0.15) is 37.8 Å². The number of hydrogen-bond donors (Lipinski definition) is 1. The first kappa shape index (κ1) is 20.8. The van der Waals surface area contributed by atoms with Crippen molar-refractivity contribution in [2.45, 2.75) is 44.0 Å². The number of piperidine rings is 1. The number of benzene rings is 2. The number of methoxy groups -OCH3 is 1. The normalized spacial score (nSPS) is 15.8. The van der Waals surface area contributed by atoms with Crippen molar-refractivity contribution in [3.63, 3.8) is 0 Å². The topological polar surface area (TPSA) is 46.5 Å². The monoisotopic (exact) mass is 423 g/mol. The molecule has 1 saturated heterocycles. The number of aromatic nitrogens is 1. The molecule has 1 aliphatic heterocycles. The van der Waals surface area contributed by atoms with Gasteiger partial charge in [0.25, 0.3) is 0 Å². The highest BCUT2D eigenvalue weighted by atomic mass is 32.2. The summed E-state index contributed by atoms with van der Waals surface area (Å²) in [5.41, 5.74) is 2.86. The van der Waals surface area contributed by atoms with E-state index in [1.165, 1.54) is 24.2 Å². The van der Waals surface area contributed by atoms with Gasteiger partial charge in [0.15, 0.2) is 0 Å². The number of aryl methyl sites for hydroxylation is 1. The molecule has 0 radical (unpaired) electrons. The van der Waals surface area contributed by atoms with Crippen LogP contribution in [0.5, 0.6) is 5.75 Å². The van der Waals surface area contributed by atoms with Crippen molar-refractivity contribution in [1.29, 1.82) is 0 Å². The predicted octanol–water partition coefficient (Wildman–Crippen LogP) is 5.65. The molecule has 1 unspecified atom stereocenters. The van der Waals surface area contributed by atoms with Crippen molar-refractivity contribution in [1.82, 2.24) is 8.87 Å². The largest absolute Gasteiger partial charge is 0.497 e. The van der Waals surface area contributed by atoms with Gasteiger partial charge in [-0.05, 0) is 74.5 Å². The Morgan fingerprint density at radius 1 is 1.10 bits per heavy atom. The molecule has 1 atom stereocenters. The Kier molecular flexibility index (Phi) is 6.35. The van der Waals surface area contributed by atoms with E-state index in [1.54, 1.807) is 7.11 Å².